The van der Waals surface area contributed by atoms with Crippen LogP contribution in [0.15, 0.2) is 29.5 Å². The summed E-state index contributed by atoms with van der Waals surface area (Å²) in [5.41, 5.74) is 3.11. The quantitative estimate of drug-likeness (QED) is 0.805. The highest BCUT2D eigenvalue weighted by Crippen LogP contribution is 2.30. The molecule has 1 aromatic rings. The van der Waals surface area contributed by atoms with Crippen molar-refractivity contribution in [2.75, 3.05) is 13.2 Å². The zero-order valence-corrected chi connectivity index (χ0v) is 14.9. The Morgan fingerprint density at radius 1 is 1.42 bits per heavy atom. The number of aryl methyl sites for hydroxylation is 1. The zero-order chi connectivity index (χ0) is 19.1. The first-order chi connectivity index (χ1) is 12.1. The van der Waals surface area contributed by atoms with Crippen LogP contribution in [0.5, 0.6) is 0 Å². The molecule has 0 saturated carbocycles. The van der Waals surface area contributed by atoms with Crippen molar-refractivity contribution in [3.63, 3.8) is 0 Å². The summed E-state index contributed by atoms with van der Waals surface area (Å²) < 4.78 is 42.4. The number of ether oxygens (including phenoxy) is 1. The standard InChI is InChI=1S/C17H17ClF3N3O2/c1-9-3-11(15(22-5-9)26-8-17(19,20)21)6-24-7-13-12(16(24)25)4-10(2)23-14(13)18/h3-5,15,22H,6-8H2,1-2H3. The molecule has 0 saturated heterocycles. The van der Waals surface area contributed by atoms with E-state index >= 15 is 0 Å². The number of allylic oxidation sites excluding steroid dienone is 2. The molecule has 0 aliphatic carbocycles. The number of hydrogen-bond donors (Lipinski definition) is 1. The lowest BCUT2D eigenvalue weighted by Crippen LogP contribution is -2.40. The molecule has 1 atom stereocenters. The fourth-order valence-electron chi connectivity index (χ4n) is 2.97. The van der Waals surface area contributed by atoms with E-state index in [-0.39, 0.29) is 24.1 Å². The molecule has 2 aliphatic rings. The van der Waals surface area contributed by atoms with Crippen molar-refractivity contribution >= 4 is 17.5 Å². The molecule has 0 fully saturated rings. The zero-order valence-electron chi connectivity index (χ0n) is 14.2. The number of aromatic nitrogens is 1. The Bertz CT molecular complexity index is 805. The molecule has 1 unspecified atom stereocenters. The van der Waals surface area contributed by atoms with Crippen LogP contribution >= 0.6 is 11.6 Å². The number of hydrogen-bond acceptors (Lipinski definition) is 4. The van der Waals surface area contributed by atoms with Crippen molar-refractivity contribution in [3.05, 3.63) is 51.5 Å². The minimum Gasteiger partial charge on any atom is -0.362 e. The normalized spacial score (nSPS) is 19.8. The number of nitrogens with zero attached hydrogens (tertiary/aromatic N) is 2. The van der Waals surface area contributed by atoms with Crippen LogP contribution in [0.2, 0.25) is 5.15 Å². The van der Waals surface area contributed by atoms with Crippen molar-refractivity contribution in [1.29, 1.82) is 0 Å². The highest BCUT2D eigenvalue weighted by atomic mass is 35.5. The molecule has 3 heterocycles. The monoisotopic (exact) mass is 387 g/mol. The highest BCUT2D eigenvalue weighted by molar-refractivity contribution is 6.31. The van der Waals surface area contributed by atoms with Gasteiger partial charge >= 0.3 is 6.18 Å². The molecule has 5 nitrogen and oxygen atoms in total. The second-order valence-corrected chi connectivity index (χ2v) is 6.68. The molecule has 2 aliphatic heterocycles. The largest absolute Gasteiger partial charge is 0.411 e. The maximum Gasteiger partial charge on any atom is 0.411 e. The Morgan fingerprint density at radius 2 is 2.15 bits per heavy atom. The van der Waals surface area contributed by atoms with E-state index in [4.69, 9.17) is 16.3 Å². The third-order valence-electron chi connectivity index (χ3n) is 4.07. The van der Waals surface area contributed by atoms with Crippen LogP contribution in [-0.4, -0.2) is 41.3 Å². The van der Waals surface area contributed by atoms with Crippen LogP contribution < -0.4 is 5.32 Å². The molecular formula is C17H17ClF3N3O2. The highest BCUT2D eigenvalue weighted by Gasteiger charge is 2.34. The summed E-state index contributed by atoms with van der Waals surface area (Å²) in [4.78, 5) is 18.3. The van der Waals surface area contributed by atoms with Crippen LogP contribution in [0.25, 0.3) is 0 Å². The van der Waals surface area contributed by atoms with E-state index in [0.717, 1.165) is 5.57 Å². The fourth-order valence-corrected chi connectivity index (χ4v) is 3.26. The van der Waals surface area contributed by atoms with E-state index in [1.807, 2.05) is 0 Å². The Balaban J connectivity index is 1.77. The van der Waals surface area contributed by atoms with Crippen molar-refractivity contribution < 1.29 is 22.7 Å². The van der Waals surface area contributed by atoms with Crippen LogP contribution in [0, 0.1) is 6.92 Å². The number of fused-ring (bicyclic) bond motifs is 1. The average molecular weight is 388 g/mol. The number of alkyl halides is 3. The minimum absolute atomic E-state index is 0.129. The number of rotatable bonds is 4. The minimum atomic E-state index is -4.43. The van der Waals surface area contributed by atoms with Gasteiger partial charge in [0, 0.05) is 29.6 Å². The SMILES string of the molecule is CC1=CNC(OCC(F)(F)F)C(CN2Cc3c(cc(C)nc3Cl)C2=O)=C1. The molecule has 3 rings (SSSR count). The Kier molecular flexibility index (Phi) is 4.98. The number of carbonyl (C=O) groups is 1. The molecule has 0 aromatic carbocycles. The number of halogens is 4. The van der Waals surface area contributed by atoms with Crippen LogP contribution in [0.1, 0.15) is 28.5 Å². The number of dihydropyridines is 1. The second kappa shape index (κ2) is 6.92. The van der Waals surface area contributed by atoms with Crippen molar-refractivity contribution in [3.8, 4) is 0 Å². The van der Waals surface area contributed by atoms with Gasteiger partial charge in [-0.3, -0.25) is 4.79 Å². The van der Waals surface area contributed by atoms with E-state index in [1.54, 1.807) is 32.2 Å². The summed E-state index contributed by atoms with van der Waals surface area (Å²) >= 11 is 6.12. The van der Waals surface area contributed by atoms with E-state index in [0.29, 0.717) is 22.4 Å². The molecule has 0 bridgehead atoms. The van der Waals surface area contributed by atoms with Crippen LogP contribution in [0.4, 0.5) is 13.2 Å². The lowest BCUT2D eigenvalue weighted by atomic mass is 10.1. The molecule has 0 spiro atoms. The van der Waals surface area contributed by atoms with Crippen LogP contribution in [-0.2, 0) is 11.3 Å². The molecule has 0 radical (unpaired) electrons. The van der Waals surface area contributed by atoms with Gasteiger partial charge in [0.15, 0.2) is 6.23 Å². The summed E-state index contributed by atoms with van der Waals surface area (Å²) in [5.74, 6) is -0.227. The summed E-state index contributed by atoms with van der Waals surface area (Å²) in [6, 6.07) is 1.67. The van der Waals surface area contributed by atoms with E-state index in [1.165, 1.54) is 4.90 Å². The predicted molar refractivity (Wildman–Crippen MR) is 89.5 cm³/mol. The maximum atomic E-state index is 12.6. The van der Waals surface area contributed by atoms with Crippen molar-refractivity contribution in [2.45, 2.75) is 32.8 Å². The summed E-state index contributed by atoms with van der Waals surface area (Å²) in [7, 11) is 0. The van der Waals surface area contributed by atoms with Crippen molar-refractivity contribution in [2.24, 2.45) is 0 Å². The number of carbonyl (C=O) groups excluding carboxylic acids is 1. The molecule has 1 aromatic heterocycles. The first kappa shape index (κ1) is 18.7. The number of pyridine rings is 1. The molecule has 26 heavy (non-hydrogen) atoms. The first-order valence-electron chi connectivity index (χ1n) is 7.91. The van der Waals surface area contributed by atoms with Gasteiger partial charge in [0.25, 0.3) is 5.91 Å². The molecule has 140 valence electrons. The van der Waals surface area contributed by atoms with Gasteiger partial charge in [0.05, 0.1) is 6.54 Å². The van der Waals surface area contributed by atoms with Crippen LogP contribution in [0.3, 0.4) is 0 Å². The van der Waals surface area contributed by atoms with Gasteiger partial charge in [-0.25, -0.2) is 4.98 Å². The molecule has 1 N–H and O–H groups in total. The first-order valence-corrected chi connectivity index (χ1v) is 8.29. The van der Waals surface area contributed by atoms with E-state index in [2.05, 4.69) is 10.3 Å². The summed E-state index contributed by atoms with van der Waals surface area (Å²) in [6.45, 7) is 2.55. The van der Waals surface area contributed by atoms with E-state index in [9.17, 15) is 18.0 Å². The molecular weight excluding hydrogens is 371 g/mol. The molecule has 1 amide bonds. The lowest BCUT2D eigenvalue weighted by Gasteiger charge is -2.28. The summed E-state index contributed by atoms with van der Waals surface area (Å²) in [5, 5.41) is 3.06. The van der Waals surface area contributed by atoms with Gasteiger partial charge in [-0.05, 0) is 31.1 Å². The fraction of sp³-hybridized carbons (Fsp3) is 0.412. The Labute approximate surface area is 153 Å². The lowest BCUT2D eigenvalue weighted by molar-refractivity contribution is -0.183. The number of nitrogens with one attached hydrogen (secondary N) is 1. The maximum absolute atomic E-state index is 12.6. The second-order valence-electron chi connectivity index (χ2n) is 6.32. The van der Waals surface area contributed by atoms with Gasteiger partial charge < -0.3 is 15.0 Å². The summed E-state index contributed by atoms with van der Waals surface area (Å²) in [6.07, 6.45) is -2.08. The van der Waals surface area contributed by atoms with Gasteiger partial charge in [-0.2, -0.15) is 13.2 Å². The van der Waals surface area contributed by atoms with Gasteiger partial charge in [0.1, 0.15) is 11.8 Å². The Hall–Kier alpha value is -2.06. The predicted octanol–water partition coefficient (Wildman–Crippen LogP) is 3.34. The molecule has 9 heteroatoms. The third-order valence-corrected chi connectivity index (χ3v) is 4.38. The van der Waals surface area contributed by atoms with E-state index < -0.39 is 19.0 Å². The topological polar surface area (TPSA) is 54.5 Å². The smallest absolute Gasteiger partial charge is 0.362 e. The van der Waals surface area contributed by atoms with Crippen molar-refractivity contribution in [1.82, 2.24) is 15.2 Å². The van der Waals surface area contributed by atoms with Gasteiger partial charge in [0.2, 0.25) is 0 Å². The number of amides is 1. The van der Waals surface area contributed by atoms with Gasteiger partial charge in [-0.1, -0.05) is 17.7 Å². The third kappa shape index (κ3) is 4.02. The average Bonchev–Trinajstić information content (AvgIpc) is 2.83. The Morgan fingerprint density at radius 3 is 2.85 bits per heavy atom. The van der Waals surface area contributed by atoms with Gasteiger partial charge in [-0.15, -0.1) is 0 Å².